The number of hydrogen-bond donors (Lipinski definition) is 0. The highest BCUT2D eigenvalue weighted by molar-refractivity contribution is 14.1. The molecule has 2 unspecified atom stereocenters. The van der Waals surface area contributed by atoms with Gasteiger partial charge in [-0.3, -0.25) is 0 Å². The van der Waals surface area contributed by atoms with E-state index in [1.807, 2.05) is 0 Å². The predicted molar refractivity (Wildman–Crippen MR) is 157 cm³/mol. The molecule has 0 aliphatic heterocycles. The molecule has 0 aliphatic carbocycles. The molecule has 0 bridgehead atoms. The zero-order chi connectivity index (χ0) is 22.5. The summed E-state index contributed by atoms with van der Waals surface area (Å²) in [6, 6.07) is 0. The van der Waals surface area contributed by atoms with E-state index in [0.29, 0.717) is 0 Å². The molecule has 0 amide bonds. The summed E-state index contributed by atoms with van der Waals surface area (Å²) in [5.41, 5.74) is 0.991. The molecule has 0 rings (SSSR count). The van der Waals surface area contributed by atoms with Gasteiger partial charge in [-0.1, -0.05) is 142 Å². The van der Waals surface area contributed by atoms with E-state index < -0.39 is 0 Å². The average Bonchev–Trinajstić information content (AvgIpc) is 2.76. The van der Waals surface area contributed by atoms with E-state index >= 15 is 0 Å². The third-order valence-electron chi connectivity index (χ3n) is 6.52. The van der Waals surface area contributed by atoms with Crippen molar-refractivity contribution < 1.29 is 0 Å². The Hall–Kier alpha value is 1.59. The van der Waals surface area contributed by atoms with Crippen LogP contribution in [0.25, 0.3) is 0 Å². The van der Waals surface area contributed by atoms with Crippen LogP contribution in [0.1, 0.15) is 137 Å². The lowest BCUT2D eigenvalue weighted by Crippen LogP contribution is -2.19. The van der Waals surface area contributed by atoms with Gasteiger partial charge in [0, 0.05) is 3.67 Å². The zero-order valence-electron chi connectivity index (χ0n) is 21.6. The van der Waals surface area contributed by atoms with Crippen molar-refractivity contribution in [3.8, 4) is 0 Å². The predicted octanol–water partition coefficient (Wildman–Crippen LogP) is 11.4. The fourth-order valence-corrected chi connectivity index (χ4v) is 13.9. The molecule has 0 radical (unpaired) electrons. The summed E-state index contributed by atoms with van der Waals surface area (Å²) < 4.78 is 0.976. The topological polar surface area (TPSA) is 0 Å². The maximum Gasteiger partial charge on any atom is 0.0374 e. The average molecular weight is 571 g/mol. The molecular formula is C27H57IP2. The van der Waals surface area contributed by atoms with Crippen molar-refractivity contribution in [2.24, 2.45) is 0 Å². The fraction of sp³-hybridized carbons (Fsp3) is 1.00. The molecule has 0 aromatic heterocycles. The summed E-state index contributed by atoms with van der Waals surface area (Å²) in [5.74, 6) is 0. The molecule has 0 heterocycles. The van der Waals surface area contributed by atoms with E-state index in [9.17, 15) is 0 Å². The summed E-state index contributed by atoms with van der Waals surface area (Å²) in [4.78, 5) is 0. The second-order valence-electron chi connectivity index (χ2n) is 9.43. The molecule has 0 spiro atoms. The van der Waals surface area contributed by atoms with Crippen molar-refractivity contribution in [3.05, 3.63) is 0 Å². The number of alkyl halides is 1. The highest BCUT2D eigenvalue weighted by atomic mass is 127. The van der Waals surface area contributed by atoms with Crippen molar-refractivity contribution in [1.29, 1.82) is 0 Å². The van der Waals surface area contributed by atoms with E-state index in [0.717, 1.165) is 9.32 Å². The number of hydrogen-bond acceptors (Lipinski definition) is 0. The van der Waals surface area contributed by atoms with Crippen LogP contribution in [0.5, 0.6) is 0 Å². The highest BCUT2D eigenvalue weighted by Gasteiger charge is 2.28. The van der Waals surface area contributed by atoms with Crippen LogP contribution in [-0.2, 0) is 0 Å². The Morgan fingerprint density at radius 3 is 1.20 bits per heavy atom. The van der Waals surface area contributed by atoms with Crippen molar-refractivity contribution in [1.82, 2.24) is 0 Å². The van der Waals surface area contributed by atoms with Crippen LogP contribution < -0.4 is 0 Å². The van der Waals surface area contributed by atoms with Gasteiger partial charge in [-0.05, 0) is 56.0 Å². The molecule has 182 valence electrons. The van der Waals surface area contributed by atoms with Gasteiger partial charge in [0.05, 0.1) is 0 Å². The second-order valence-corrected chi connectivity index (χ2v) is 17.3. The molecule has 0 nitrogen and oxygen atoms in total. The lowest BCUT2D eigenvalue weighted by molar-refractivity contribution is 0.621. The Balaban J connectivity index is 4.68. The number of unbranched alkanes of at least 4 members (excludes halogenated alkanes) is 12. The van der Waals surface area contributed by atoms with Gasteiger partial charge in [-0.15, -0.1) is 7.92 Å². The van der Waals surface area contributed by atoms with Gasteiger partial charge < -0.3 is 0 Å². The van der Waals surface area contributed by atoms with Crippen LogP contribution in [0.15, 0.2) is 0 Å². The van der Waals surface area contributed by atoms with E-state index in [1.165, 1.54) is 103 Å². The minimum absolute atomic E-state index is 0.230. The van der Waals surface area contributed by atoms with E-state index in [1.54, 1.807) is 24.6 Å². The van der Waals surface area contributed by atoms with Crippen molar-refractivity contribution in [2.75, 3.05) is 24.6 Å². The number of halogens is 1. The maximum absolute atomic E-state index is 2.94. The summed E-state index contributed by atoms with van der Waals surface area (Å²) in [5, 5.41) is 0. The SMILES string of the molecule is CCCCCCCCP(CCCCCCCC)C(I)C(C)P(CCCC)CCCC. The Bertz CT molecular complexity index is 313. The molecular weight excluding hydrogens is 513 g/mol. The Morgan fingerprint density at radius 2 is 0.800 bits per heavy atom. The highest BCUT2D eigenvalue weighted by Crippen LogP contribution is 2.57. The first-order valence-electron chi connectivity index (χ1n) is 13.7. The molecule has 0 N–H and O–H groups in total. The maximum atomic E-state index is 2.94. The number of rotatable bonds is 23. The summed E-state index contributed by atoms with van der Waals surface area (Å²) in [6.45, 7) is 12.1. The zero-order valence-corrected chi connectivity index (χ0v) is 25.5. The second kappa shape index (κ2) is 23.7. The first-order chi connectivity index (χ1) is 14.6. The van der Waals surface area contributed by atoms with Crippen LogP contribution in [0, 0.1) is 0 Å². The Kier molecular flexibility index (Phi) is 25.0. The minimum Gasteiger partial charge on any atom is -0.102 e. The van der Waals surface area contributed by atoms with Gasteiger partial charge in [0.1, 0.15) is 0 Å². The van der Waals surface area contributed by atoms with E-state index in [-0.39, 0.29) is 15.8 Å². The third kappa shape index (κ3) is 17.1. The molecule has 0 aliphatic rings. The van der Waals surface area contributed by atoms with Crippen LogP contribution in [0.3, 0.4) is 0 Å². The van der Waals surface area contributed by atoms with Crippen molar-refractivity contribution in [3.63, 3.8) is 0 Å². The smallest absolute Gasteiger partial charge is 0.0374 e. The van der Waals surface area contributed by atoms with Gasteiger partial charge in [-0.2, -0.15) is 0 Å². The van der Waals surface area contributed by atoms with Crippen LogP contribution in [0.4, 0.5) is 0 Å². The standard InChI is InChI=1S/C27H57IP2/c1-6-10-14-16-18-20-24-30(25-21-19-17-15-11-7-2)27(28)26(5)29(22-12-8-3)23-13-9-4/h26-27H,6-25H2,1-5H3. The Labute approximate surface area is 208 Å². The first-order valence-corrected chi connectivity index (χ1v) is 18.5. The fourth-order valence-electron chi connectivity index (χ4n) is 4.27. The summed E-state index contributed by atoms with van der Waals surface area (Å²) in [7, 11) is 0.480. The molecule has 0 saturated carbocycles. The minimum atomic E-state index is 0.230. The van der Waals surface area contributed by atoms with Gasteiger partial charge in [0.2, 0.25) is 0 Å². The van der Waals surface area contributed by atoms with Crippen LogP contribution in [0.2, 0.25) is 0 Å². The third-order valence-corrected chi connectivity index (χ3v) is 16.9. The van der Waals surface area contributed by atoms with Crippen LogP contribution in [-0.4, -0.2) is 34.0 Å². The van der Waals surface area contributed by atoms with Gasteiger partial charge in [-0.25, -0.2) is 0 Å². The lowest BCUT2D eigenvalue weighted by atomic mass is 10.1. The quantitative estimate of drug-likeness (QED) is 0.0496. The van der Waals surface area contributed by atoms with Crippen molar-refractivity contribution >= 4 is 38.4 Å². The molecule has 2 atom stereocenters. The lowest BCUT2D eigenvalue weighted by Gasteiger charge is -2.34. The van der Waals surface area contributed by atoms with E-state index in [4.69, 9.17) is 0 Å². The van der Waals surface area contributed by atoms with E-state index in [2.05, 4.69) is 57.2 Å². The van der Waals surface area contributed by atoms with Gasteiger partial charge >= 0.3 is 0 Å². The van der Waals surface area contributed by atoms with Gasteiger partial charge in [0.15, 0.2) is 0 Å². The molecule has 0 aromatic rings. The molecule has 30 heavy (non-hydrogen) atoms. The molecule has 3 heteroatoms. The molecule has 0 saturated heterocycles. The largest absolute Gasteiger partial charge is 0.102 e. The first kappa shape index (κ1) is 31.6. The van der Waals surface area contributed by atoms with Crippen LogP contribution >= 0.6 is 38.4 Å². The monoisotopic (exact) mass is 570 g/mol. The molecule has 0 fully saturated rings. The molecule has 0 aromatic carbocycles. The van der Waals surface area contributed by atoms with Crippen molar-refractivity contribution in [2.45, 2.75) is 147 Å². The normalized spacial score (nSPS) is 14.0. The summed E-state index contributed by atoms with van der Waals surface area (Å²) in [6.07, 6.45) is 29.5. The summed E-state index contributed by atoms with van der Waals surface area (Å²) >= 11 is 2.94. The van der Waals surface area contributed by atoms with Gasteiger partial charge in [0.25, 0.3) is 0 Å². The Morgan fingerprint density at radius 1 is 0.467 bits per heavy atom.